The standard InChI is InChI=1S/C16H25N5.ClH/c17-15(19-11-10-14-8-4-3-5-9-14)20-16(18)21-12-6-1-2-7-13-21;/h3-5,8-9H,1-2,6-7,10-13H2,(H4,17,18,19,20);1H. The van der Waals surface area contributed by atoms with Gasteiger partial charge in [-0.25, -0.2) is 0 Å². The summed E-state index contributed by atoms with van der Waals surface area (Å²) in [6.07, 6.45) is 5.73. The van der Waals surface area contributed by atoms with Gasteiger partial charge < -0.3 is 16.4 Å². The largest absolute Gasteiger partial charge is 0.369 e. The van der Waals surface area contributed by atoms with Crippen molar-refractivity contribution >= 4 is 24.3 Å². The third-order valence-electron chi connectivity index (χ3n) is 3.68. The Bertz CT molecular complexity index is 479. The van der Waals surface area contributed by atoms with Crippen LogP contribution in [0.5, 0.6) is 0 Å². The van der Waals surface area contributed by atoms with Crippen molar-refractivity contribution in [2.75, 3.05) is 19.6 Å². The van der Waals surface area contributed by atoms with Crippen molar-refractivity contribution in [1.82, 2.24) is 4.90 Å². The highest BCUT2D eigenvalue weighted by Crippen LogP contribution is 2.09. The fourth-order valence-electron chi connectivity index (χ4n) is 2.47. The number of guanidine groups is 2. The maximum Gasteiger partial charge on any atom is 0.218 e. The van der Waals surface area contributed by atoms with Crippen molar-refractivity contribution in [3.8, 4) is 0 Å². The van der Waals surface area contributed by atoms with Gasteiger partial charge in [-0.1, -0.05) is 43.2 Å². The minimum absolute atomic E-state index is 0. The molecule has 1 fully saturated rings. The van der Waals surface area contributed by atoms with Gasteiger partial charge in [-0.3, -0.25) is 4.99 Å². The Hall–Kier alpha value is -1.75. The lowest BCUT2D eigenvalue weighted by molar-refractivity contribution is 0.431. The van der Waals surface area contributed by atoms with Crippen LogP contribution in [0.25, 0.3) is 0 Å². The number of rotatable bonds is 3. The molecule has 1 heterocycles. The van der Waals surface area contributed by atoms with Crippen molar-refractivity contribution in [2.24, 2.45) is 21.5 Å². The third-order valence-corrected chi connectivity index (χ3v) is 3.68. The first kappa shape index (κ1) is 18.3. The summed E-state index contributed by atoms with van der Waals surface area (Å²) < 4.78 is 0. The molecule has 1 aromatic carbocycles. The summed E-state index contributed by atoms with van der Waals surface area (Å²) >= 11 is 0. The van der Waals surface area contributed by atoms with Crippen LogP contribution in [0.3, 0.4) is 0 Å². The molecule has 2 rings (SSSR count). The normalized spacial score (nSPS) is 16.8. The van der Waals surface area contributed by atoms with Gasteiger partial charge in [-0.15, -0.1) is 12.4 Å². The van der Waals surface area contributed by atoms with E-state index in [-0.39, 0.29) is 18.4 Å². The molecular formula is C16H26ClN5. The Morgan fingerprint density at radius 3 is 2.27 bits per heavy atom. The molecule has 0 spiro atoms. The molecule has 6 heteroatoms. The van der Waals surface area contributed by atoms with Crippen LogP contribution < -0.4 is 11.5 Å². The van der Waals surface area contributed by atoms with Gasteiger partial charge in [0.05, 0.1) is 0 Å². The highest BCUT2D eigenvalue weighted by molar-refractivity contribution is 5.93. The first-order chi connectivity index (χ1) is 10.3. The molecule has 1 aliphatic heterocycles. The highest BCUT2D eigenvalue weighted by Gasteiger charge is 2.11. The first-order valence-electron chi connectivity index (χ1n) is 7.68. The van der Waals surface area contributed by atoms with Crippen molar-refractivity contribution in [3.63, 3.8) is 0 Å². The molecule has 0 unspecified atom stereocenters. The van der Waals surface area contributed by atoms with Crippen LogP contribution in [-0.2, 0) is 6.42 Å². The zero-order chi connectivity index (χ0) is 14.9. The van der Waals surface area contributed by atoms with Crippen molar-refractivity contribution in [3.05, 3.63) is 35.9 Å². The van der Waals surface area contributed by atoms with Gasteiger partial charge >= 0.3 is 0 Å². The maximum absolute atomic E-state index is 6.02. The molecule has 1 saturated heterocycles. The van der Waals surface area contributed by atoms with Gasteiger partial charge in [0.1, 0.15) is 0 Å². The monoisotopic (exact) mass is 323 g/mol. The quantitative estimate of drug-likeness (QED) is 0.660. The molecule has 0 aromatic heterocycles. The number of halogens is 1. The number of nitrogens with zero attached hydrogens (tertiary/aromatic N) is 3. The SMILES string of the molecule is Cl.NC(=NCCc1ccccc1)N=C(N)N1CCCCCC1. The number of benzene rings is 1. The van der Waals surface area contributed by atoms with E-state index in [1.807, 2.05) is 18.2 Å². The van der Waals surface area contributed by atoms with Gasteiger partial charge in [0, 0.05) is 19.6 Å². The second-order valence-electron chi connectivity index (χ2n) is 5.35. The summed E-state index contributed by atoms with van der Waals surface area (Å²) in [4.78, 5) is 10.6. The topological polar surface area (TPSA) is 80.0 Å². The fourth-order valence-corrected chi connectivity index (χ4v) is 2.47. The molecule has 1 aliphatic rings. The smallest absolute Gasteiger partial charge is 0.218 e. The molecule has 0 atom stereocenters. The van der Waals surface area contributed by atoms with Crippen LogP contribution in [-0.4, -0.2) is 36.5 Å². The maximum atomic E-state index is 6.02. The lowest BCUT2D eigenvalue weighted by atomic mass is 10.2. The number of aliphatic imine (C=N–C) groups is 2. The first-order valence-corrected chi connectivity index (χ1v) is 7.68. The molecule has 0 amide bonds. The van der Waals surface area contributed by atoms with Crippen LogP contribution in [0.15, 0.2) is 40.3 Å². The number of hydrogen-bond donors (Lipinski definition) is 2. The predicted molar refractivity (Wildman–Crippen MR) is 95.5 cm³/mol. The lowest BCUT2D eigenvalue weighted by Gasteiger charge is -2.20. The van der Waals surface area contributed by atoms with E-state index in [4.69, 9.17) is 11.5 Å². The molecule has 5 nitrogen and oxygen atoms in total. The van der Waals surface area contributed by atoms with Crippen molar-refractivity contribution in [2.45, 2.75) is 32.1 Å². The number of nitrogens with two attached hydrogens (primary N) is 2. The lowest BCUT2D eigenvalue weighted by Crippen LogP contribution is -2.39. The minimum Gasteiger partial charge on any atom is -0.369 e. The van der Waals surface area contributed by atoms with Crippen LogP contribution in [0, 0.1) is 0 Å². The van der Waals surface area contributed by atoms with E-state index in [0.29, 0.717) is 12.5 Å². The second kappa shape index (κ2) is 10.1. The molecule has 0 saturated carbocycles. The Morgan fingerprint density at radius 1 is 1.00 bits per heavy atom. The van der Waals surface area contributed by atoms with Gasteiger partial charge in [0.25, 0.3) is 0 Å². The molecular weight excluding hydrogens is 298 g/mol. The molecule has 4 N–H and O–H groups in total. The molecule has 122 valence electrons. The Kier molecular flexibility index (Phi) is 8.36. The summed E-state index contributed by atoms with van der Waals surface area (Å²) in [5, 5.41) is 0. The molecule has 22 heavy (non-hydrogen) atoms. The van der Waals surface area contributed by atoms with Gasteiger partial charge in [0.2, 0.25) is 5.96 Å². The number of hydrogen-bond acceptors (Lipinski definition) is 1. The van der Waals surface area contributed by atoms with Crippen molar-refractivity contribution < 1.29 is 0 Å². The summed E-state index contributed by atoms with van der Waals surface area (Å²) in [6, 6.07) is 10.2. The van der Waals surface area contributed by atoms with Crippen LogP contribution in [0.4, 0.5) is 0 Å². The van der Waals surface area contributed by atoms with E-state index >= 15 is 0 Å². The van der Waals surface area contributed by atoms with E-state index in [1.54, 1.807) is 0 Å². The van der Waals surface area contributed by atoms with Crippen LogP contribution in [0.1, 0.15) is 31.2 Å². The average Bonchev–Trinajstić information content (AvgIpc) is 2.77. The average molecular weight is 324 g/mol. The van der Waals surface area contributed by atoms with Gasteiger partial charge in [-0.2, -0.15) is 4.99 Å². The molecule has 0 radical (unpaired) electrons. The zero-order valence-corrected chi connectivity index (χ0v) is 13.8. The van der Waals surface area contributed by atoms with Crippen LogP contribution >= 0.6 is 12.4 Å². The Balaban J connectivity index is 0.00000242. The third kappa shape index (κ3) is 6.35. The number of likely N-dealkylation sites (tertiary alicyclic amines) is 1. The van der Waals surface area contributed by atoms with Gasteiger partial charge in [0.15, 0.2) is 5.96 Å². The summed E-state index contributed by atoms with van der Waals surface area (Å²) in [5.74, 6) is 0.769. The Labute approximate surface area is 138 Å². The van der Waals surface area contributed by atoms with Gasteiger partial charge in [-0.05, 0) is 24.8 Å². The van der Waals surface area contributed by atoms with E-state index in [1.165, 1.54) is 31.2 Å². The van der Waals surface area contributed by atoms with Crippen molar-refractivity contribution in [1.29, 1.82) is 0 Å². The minimum atomic E-state index is 0. The highest BCUT2D eigenvalue weighted by atomic mass is 35.5. The molecule has 0 bridgehead atoms. The molecule has 1 aromatic rings. The molecule has 0 aliphatic carbocycles. The van der Waals surface area contributed by atoms with Crippen LogP contribution in [0.2, 0.25) is 0 Å². The summed E-state index contributed by atoms with van der Waals surface area (Å²) in [6.45, 7) is 2.56. The Morgan fingerprint density at radius 2 is 1.64 bits per heavy atom. The van der Waals surface area contributed by atoms with E-state index in [9.17, 15) is 0 Å². The predicted octanol–water partition coefficient (Wildman–Crippen LogP) is 2.16. The second-order valence-corrected chi connectivity index (χ2v) is 5.35. The summed E-state index contributed by atoms with van der Waals surface area (Å²) in [5.41, 5.74) is 13.1. The van der Waals surface area contributed by atoms with E-state index in [2.05, 4.69) is 27.0 Å². The van der Waals surface area contributed by atoms with E-state index in [0.717, 1.165) is 19.5 Å². The fraction of sp³-hybridized carbons (Fsp3) is 0.500. The summed E-state index contributed by atoms with van der Waals surface area (Å²) in [7, 11) is 0. The zero-order valence-electron chi connectivity index (χ0n) is 12.9. The van der Waals surface area contributed by atoms with E-state index < -0.39 is 0 Å².